The Kier molecular flexibility index (Phi) is 3.86. The minimum absolute atomic E-state index is 0.269. The molecule has 3 heteroatoms. The lowest BCUT2D eigenvalue weighted by atomic mass is 9.91. The third kappa shape index (κ3) is 2.36. The smallest absolute Gasteiger partial charge is 0.314 e. The predicted octanol–water partition coefficient (Wildman–Crippen LogP) is 1.52. The number of esters is 1. The van der Waals surface area contributed by atoms with Crippen molar-refractivity contribution >= 4 is 5.97 Å². The fourth-order valence-electron chi connectivity index (χ4n) is 1.85. The Morgan fingerprint density at radius 2 is 1.93 bits per heavy atom. The highest BCUT2D eigenvalue weighted by Crippen LogP contribution is 2.23. The number of benzene rings is 1. The van der Waals surface area contributed by atoms with Gasteiger partial charge >= 0.3 is 5.97 Å². The van der Waals surface area contributed by atoms with Crippen molar-refractivity contribution in [3.05, 3.63) is 34.9 Å². The van der Waals surface area contributed by atoms with Gasteiger partial charge in [-0.1, -0.05) is 18.2 Å². The quantitative estimate of drug-likeness (QED) is 0.764. The number of carbonyl (C=O) groups excluding carboxylic acids is 1. The first-order valence-electron chi connectivity index (χ1n) is 4.95. The van der Waals surface area contributed by atoms with Gasteiger partial charge in [-0.2, -0.15) is 0 Å². The second-order valence-electron chi connectivity index (χ2n) is 3.62. The lowest BCUT2D eigenvalue weighted by Crippen LogP contribution is -2.24. The third-order valence-electron chi connectivity index (χ3n) is 2.61. The lowest BCUT2D eigenvalue weighted by molar-refractivity contribution is -0.142. The average molecular weight is 207 g/mol. The van der Waals surface area contributed by atoms with Crippen LogP contribution in [-0.2, 0) is 9.53 Å². The molecule has 0 aliphatic carbocycles. The Morgan fingerprint density at radius 3 is 2.33 bits per heavy atom. The average Bonchev–Trinajstić information content (AvgIpc) is 2.22. The van der Waals surface area contributed by atoms with Crippen LogP contribution in [0.3, 0.4) is 0 Å². The van der Waals surface area contributed by atoms with Crippen LogP contribution in [0.2, 0.25) is 0 Å². The zero-order valence-corrected chi connectivity index (χ0v) is 9.41. The van der Waals surface area contributed by atoms with Crippen LogP contribution in [0.15, 0.2) is 18.2 Å². The van der Waals surface area contributed by atoms with Crippen molar-refractivity contribution in [1.82, 2.24) is 0 Å². The van der Waals surface area contributed by atoms with Gasteiger partial charge in [0.1, 0.15) is 0 Å². The third-order valence-corrected chi connectivity index (χ3v) is 2.61. The SMILES string of the molecule is COC(=O)C(CN)c1c(C)cccc1C. The zero-order valence-electron chi connectivity index (χ0n) is 9.41. The molecule has 0 fully saturated rings. The van der Waals surface area contributed by atoms with E-state index in [1.54, 1.807) is 0 Å². The molecular weight excluding hydrogens is 190 g/mol. The number of aryl methyl sites for hydroxylation is 2. The van der Waals surface area contributed by atoms with Gasteiger partial charge in [-0.05, 0) is 30.5 Å². The van der Waals surface area contributed by atoms with Crippen LogP contribution < -0.4 is 5.73 Å². The Bertz CT molecular complexity index is 340. The molecular formula is C12H17NO2. The number of nitrogens with two attached hydrogens (primary N) is 1. The minimum atomic E-state index is -0.351. The first kappa shape index (κ1) is 11.7. The molecule has 1 atom stereocenters. The molecule has 0 radical (unpaired) electrons. The summed E-state index contributed by atoms with van der Waals surface area (Å²) in [6.45, 7) is 4.24. The number of rotatable bonds is 3. The van der Waals surface area contributed by atoms with Gasteiger partial charge in [0.25, 0.3) is 0 Å². The molecule has 82 valence electrons. The minimum Gasteiger partial charge on any atom is -0.469 e. The Balaban J connectivity index is 3.17. The molecule has 0 amide bonds. The molecule has 1 rings (SSSR count). The van der Waals surface area contributed by atoms with Crippen LogP contribution in [0.4, 0.5) is 0 Å². The standard InChI is InChI=1S/C12H17NO2/c1-8-5-4-6-9(2)11(8)10(7-13)12(14)15-3/h4-6,10H,7,13H2,1-3H3. The molecule has 0 saturated heterocycles. The Labute approximate surface area is 90.2 Å². The molecule has 0 aromatic heterocycles. The van der Waals surface area contributed by atoms with Crippen molar-refractivity contribution in [2.45, 2.75) is 19.8 Å². The summed E-state index contributed by atoms with van der Waals surface area (Å²) in [4.78, 5) is 11.5. The number of hydrogen-bond acceptors (Lipinski definition) is 3. The number of hydrogen-bond donors (Lipinski definition) is 1. The highest BCUT2D eigenvalue weighted by molar-refractivity contribution is 5.79. The summed E-state index contributed by atoms with van der Waals surface area (Å²) in [6.07, 6.45) is 0. The molecule has 1 aromatic carbocycles. The second-order valence-corrected chi connectivity index (χ2v) is 3.62. The largest absolute Gasteiger partial charge is 0.469 e. The highest BCUT2D eigenvalue weighted by Gasteiger charge is 2.22. The first-order valence-corrected chi connectivity index (χ1v) is 4.95. The summed E-state index contributed by atoms with van der Waals surface area (Å²) >= 11 is 0. The van der Waals surface area contributed by atoms with Crippen LogP contribution in [0, 0.1) is 13.8 Å². The molecule has 0 spiro atoms. The maximum atomic E-state index is 11.5. The van der Waals surface area contributed by atoms with Crippen LogP contribution in [0.5, 0.6) is 0 Å². The van der Waals surface area contributed by atoms with E-state index in [9.17, 15) is 4.79 Å². The molecule has 0 aliphatic rings. The van der Waals surface area contributed by atoms with Crippen LogP contribution in [-0.4, -0.2) is 19.6 Å². The summed E-state index contributed by atoms with van der Waals surface area (Å²) in [6, 6.07) is 5.93. The molecule has 0 saturated carbocycles. The molecule has 0 aliphatic heterocycles. The first-order chi connectivity index (χ1) is 7.11. The highest BCUT2D eigenvalue weighted by atomic mass is 16.5. The monoisotopic (exact) mass is 207 g/mol. The number of methoxy groups -OCH3 is 1. The van der Waals surface area contributed by atoms with Crippen molar-refractivity contribution in [3.63, 3.8) is 0 Å². The number of carbonyl (C=O) groups is 1. The van der Waals surface area contributed by atoms with E-state index in [1.165, 1.54) is 7.11 Å². The van der Waals surface area contributed by atoms with E-state index in [-0.39, 0.29) is 18.4 Å². The fourth-order valence-corrected chi connectivity index (χ4v) is 1.85. The summed E-state index contributed by atoms with van der Waals surface area (Å²) in [5, 5.41) is 0. The van der Waals surface area contributed by atoms with Crippen LogP contribution in [0.25, 0.3) is 0 Å². The van der Waals surface area contributed by atoms with Gasteiger partial charge in [0.05, 0.1) is 13.0 Å². The van der Waals surface area contributed by atoms with Gasteiger partial charge < -0.3 is 10.5 Å². The maximum absolute atomic E-state index is 11.5. The van der Waals surface area contributed by atoms with E-state index in [2.05, 4.69) is 0 Å². The van der Waals surface area contributed by atoms with E-state index in [0.717, 1.165) is 16.7 Å². The zero-order chi connectivity index (χ0) is 11.4. The second kappa shape index (κ2) is 4.94. The van der Waals surface area contributed by atoms with Gasteiger partial charge in [0.15, 0.2) is 0 Å². The van der Waals surface area contributed by atoms with Crippen molar-refractivity contribution in [2.75, 3.05) is 13.7 Å². The van der Waals surface area contributed by atoms with E-state index in [1.807, 2.05) is 32.0 Å². The lowest BCUT2D eigenvalue weighted by Gasteiger charge is -2.17. The van der Waals surface area contributed by atoms with E-state index in [0.29, 0.717) is 0 Å². The summed E-state index contributed by atoms with van der Waals surface area (Å²) in [7, 11) is 1.39. The van der Waals surface area contributed by atoms with Gasteiger partial charge in [-0.3, -0.25) is 4.79 Å². The predicted molar refractivity (Wildman–Crippen MR) is 59.7 cm³/mol. The Morgan fingerprint density at radius 1 is 1.40 bits per heavy atom. The van der Waals surface area contributed by atoms with Crippen molar-refractivity contribution < 1.29 is 9.53 Å². The molecule has 1 aromatic rings. The van der Waals surface area contributed by atoms with Crippen molar-refractivity contribution in [1.29, 1.82) is 0 Å². The maximum Gasteiger partial charge on any atom is 0.314 e. The molecule has 2 N–H and O–H groups in total. The molecule has 1 unspecified atom stereocenters. The van der Waals surface area contributed by atoms with E-state index < -0.39 is 0 Å². The summed E-state index contributed by atoms with van der Waals surface area (Å²) < 4.78 is 4.75. The van der Waals surface area contributed by atoms with Gasteiger partial charge in [-0.15, -0.1) is 0 Å². The summed E-state index contributed by atoms with van der Waals surface area (Å²) in [5.41, 5.74) is 8.77. The van der Waals surface area contributed by atoms with Gasteiger partial charge in [0, 0.05) is 6.54 Å². The molecule has 0 bridgehead atoms. The molecule has 3 nitrogen and oxygen atoms in total. The van der Waals surface area contributed by atoms with Crippen molar-refractivity contribution in [2.24, 2.45) is 5.73 Å². The normalized spacial score (nSPS) is 12.3. The van der Waals surface area contributed by atoms with E-state index in [4.69, 9.17) is 10.5 Å². The van der Waals surface area contributed by atoms with Crippen LogP contribution in [0.1, 0.15) is 22.6 Å². The van der Waals surface area contributed by atoms with Crippen LogP contribution >= 0.6 is 0 Å². The van der Waals surface area contributed by atoms with E-state index >= 15 is 0 Å². The molecule has 0 heterocycles. The van der Waals surface area contributed by atoms with Gasteiger partial charge in [0.2, 0.25) is 0 Å². The topological polar surface area (TPSA) is 52.3 Å². The van der Waals surface area contributed by atoms with Crippen molar-refractivity contribution in [3.8, 4) is 0 Å². The van der Waals surface area contributed by atoms with Gasteiger partial charge in [-0.25, -0.2) is 0 Å². The molecule has 15 heavy (non-hydrogen) atoms. The number of ether oxygens (including phenoxy) is 1. The fraction of sp³-hybridized carbons (Fsp3) is 0.417. The summed E-state index contributed by atoms with van der Waals surface area (Å²) in [5.74, 6) is -0.619. The Hall–Kier alpha value is -1.35.